The smallest absolute Gasteiger partial charge is 0.343 e. The van der Waals surface area contributed by atoms with Crippen molar-refractivity contribution in [1.29, 1.82) is 0 Å². The summed E-state index contributed by atoms with van der Waals surface area (Å²) in [5.41, 5.74) is 3.89. The highest BCUT2D eigenvalue weighted by molar-refractivity contribution is 5.92. The number of aromatic nitrogens is 2. The lowest BCUT2D eigenvalue weighted by Gasteiger charge is -2.12. The molecule has 0 spiro atoms. The highest BCUT2D eigenvalue weighted by atomic mass is 16.6. The topological polar surface area (TPSA) is 74.9 Å². The van der Waals surface area contributed by atoms with E-state index >= 15 is 0 Å². The van der Waals surface area contributed by atoms with Crippen molar-refractivity contribution < 1.29 is 19.0 Å². The van der Waals surface area contributed by atoms with Crippen LogP contribution in [-0.2, 0) is 0 Å². The number of carbonyl (C=O) groups excluding carboxylic acids is 1. The van der Waals surface area contributed by atoms with Gasteiger partial charge in [0.2, 0.25) is 0 Å². The van der Waals surface area contributed by atoms with Crippen molar-refractivity contribution in [2.24, 2.45) is 4.99 Å². The van der Waals surface area contributed by atoms with Crippen molar-refractivity contribution in [2.45, 2.75) is 6.92 Å². The zero-order chi connectivity index (χ0) is 27.0. The summed E-state index contributed by atoms with van der Waals surface area (Å²) in [6.07, 6.45) is 1.74. The molecule has 0 N–H and O–H groups in total. The number of ether oxygens (including phenoxy) is 3. The molecule has 0 aliphatic rings. The summed E-state index contributed by atoms with van der Waals surface area (Å²) >= 11 is 0. The molecule has 1 heterocycles. The monoisotopic (exact) mass is 517 g/mol. The zero-order valence-electron chi connectivity index (χ0n) is 21.7. The van der Waals surface area contributed by atoms with Gasteiger partial charge < -0.3 is 14.2 Å². The van der Waals surface area contributed by atoms with Crippen LogP contribution in [-0.4, -0.2) is 35.7 Å². The average Bonchev–Trinajstić information content (AvgIpc) is 3.42. The van der Waals surface area contributed by atoms with E-state index in [0.29, 0.717) is 35.2 Å². The number of nitrogens with zero attached hydrogens (tertiary/aromatic N) is 3. The first-order valence-electron chi connectivity index (χ1n) is 12.5. The predicted molar refractivity (Wildman–Crippen MR) is 152 cm³/mol. The van der Waals surface area contributed by atoms with Crippen molar-refractivity contribution >= 4 is 18.0 Å². The fourth-order valence-electron chi connectivity index (χ4n) is 3.98. The van der Waals surface area contributed by atoms with Crippen LogP contribution in [0.5, 0.6) is 17.2 Å². The average molecular weight is 518 g/mol. The largest absolute Gasteiger partial charge is 0.497 e. The lowest BCUT2D eigenvalue weighted by molar-refractivity contribution is 0.0728. The Morgan fingerprint density at radius 3 is 2.38 bits per heavy atom. The van der Waals surface area contributed by atoms with E-state index < -0.39 is 5.97 Å². The number of para-hydroxylation sites is 1. The quantitative estimate of drug-likeness (QED) is 0.121. The van der Waals surface area contributed by atoms with E-state index in [-0.39, 0.29) is 0 Å². The number of aliphatic imine (C=N–C) groups is 1. The summed E-state index contributed by atoms with van der Waals surface area (Å²) in [5, 5.41) is 4.81. The summed E-state index contributed by atoms with van der Waals surface area (Å²) in [5.74, 6) is 1.51. The van der Waals surface area contributed by atoms with Gasteiger partial charge in [-0.15, -0.1) is 0 Å². The molecule has 0 saturated heterocycles. The van der Waals surface area contributed by atoms with Gasteiger partial charge in [0.15, 0.2) is 17.3 Å². The second-order valence-electron chi connectivity index (χ2n) is 8.52. The van der Waals surface area contributed by atoms with Crippen LogP contribution in [0.15, 0.2) is 114 Å². The van der Waals surface area contributed by atoms with Crippen LogP contribution in [0.4, 0.5) is 5.82 Å². The number of esters is 1. The minimum Gasteiger partial charge on any atom is -0.497 e. The molecule has 0 atom stereocenters. The van der Waals surface area contributed by atoms with Gasteiger partial charge in [-0.05, 0) is 61.0 Å². The van der Waals surface area contributed by atoms with Gasteiger partial charge in [0.25, 0.3) is 0 Å². The Bertz CT molecular complexity index is 1590. The molecule has 7 nitrogen and oxygen atoms in total. The summed E-state index contributed by atoms with van der Waals surface area (Å²) in [7, 11) is 1.55. The van der Waals surface area contributed by atoms with Gasteiger partial charge in [-0.25, -0.2) is 14.5 Å². The Balaban J connectivity index is 1.43. The Hall–Kier alpha value is -5.17. The first-order valence-corrected chi connectivity index (χ1v) is 12.5. The Morgan fingerprint density at radius 2 is 1.64 bits per heavy atom. The zero-order valence-corrected chi connectivity index (χ0v) is 21.7. The van der Waals surface area contributed by atoms with Crippen LogP contribution in [0.25, 0.3) is 16.9 Å². The molecule has 7 heteroatoms. The van der Waals surface area contributed by atoms with Gasteiger partial charge in [-0.1, -0.05) is 54.6 Å². The highest BCUT2D eigenvalue weighted by Crippen LogP contribution is 2.30. The number of hydrogen-bond donors (Lipinski definition) is 0. The van der Waals surface area contributed by atoms with E-state index in [1.165, 1.54) is 0 Å². The van der Waals surface area contributed by atoms with E-state index in [0.717, 1.165) is 22.5 Å². The molecule has 194 valence electrons. The molecule has 0 aliphatic carbocycles. The van der Waals surface area contributed by atoms with Crippen molar-refractivity contribution in [3.05, 3.63) is 120 Å². The predicted octanol–water partition coefficient (Wildman–Crippen LogP) is 6.92. The maximum absolute atomic E-state index is 12.8. The molecule has 0 fully saturated rings. The number of methoxy groups -OCH3 is 1. The number of rotatable bonds is 9. The van der Waals surface area contributed by atoms with Crippen LogP contribution in [0, 0.1) is 0 Å². The second-order valence-corrected chi connectivity index (χ2v) is 8.52. The molecule has 0 radical (unpaired) electrons. The molecule has 0 aliphatic heterocycles. The van der Waals surface area contributed by atoms with Crippen molar-refractivity contribution in [3.63, 3.8) is 0 Å². The summed E-state index contributed by atoms with van der Waals surface area (Å²) in [6.45, 7) is 2.28. The summed E-state index contributed by atoms with van der Waals surface area (Å²) < 4.78 is 18.5. The molecule has 1 aromatic heterocycles. The lowest BCUT2D eigenvalue weighted by Crippen LogP contribution is -2.10. The molecule has 0 saturated carbocycles. The van der Waals surface area contributed by atoms with Gasteiger partial charge in [-0.2, -0.15) is 5.10 Å². The molecule has 0 unspecified atom stereocenters. The van der Waals surface area contributed by atoms with Gasteiger partial charge in [0, 0.05) is 17.8 Å². The van der Waals surface area contributed by atoms with Gasteiger partial charge in [0.1, 0.15) is 5.75 Å². The van der Waals surface area contributed by atoms with Gasteiger partial charge in [0.05, 0.1) is 30.7 Å². The molecule has 0 bridgehead atoms. The Kier molecular flexibility index (Phi) is 7.79. The van der Waals surface area contributed by atoms with Crippen molar-refractivity contribution in [3.8, 4) is 34.2 Å². The van der Waals surface area contributed by atoms with Crippen LogP contribution >= 0.6 is 0 Å². The third-order valence-corrected chi connectivity index (χ3v) is 5.88. The van der Waals surface area contributed by atoms with Crippen LogP contribution in [0.2, 0.25) is 0 Å². The van der Waals surface area contributed by atoms with E-state index in [4.69, 9.17) is 24.3 Å². The normalized spacial score (nSPS) is 10.9. The lowest BCUT2D eigenvalue weighted by atomic mass is 10.1. The first kappa shape index (κ1) is 25.5. The minimum absolute atomic E-state index is 0.322. The number of carbonyl (C=O) groups is 1. The molecule has 39 heavy (non-hydrogen) atoms. The molecular formula is C32H27N3O4. The molecule has 4 aromatic carbocycles. The van der Waals surface area contributed by atoms with Crippen molar-refractivity contribution in [1.82, 2.24) is 9.78 Å². The van der Waals surface area contributed by atoms with E-state index in [2.05, 4.69) is 0 Å². The van der Waals surface area contributed by atoms with Crippen LogP contribution < -0.4 is 14.2 Å². The van der Waals surface area contributed by atoms with E-state index in [1.807, 2.05) is 84.4 Å². The Morgan fingerprint density at radius 1 is 0.872 bits per heavy atom. The molecule has 5 aromatic rings. The minimum atomic E-state index is -0.503. The fourth-order valence-corrected chi connectivity index (χ4v) is 3.98. The third kappa shape index (κ3) is 6.05. The standard InChI is InChI=1S/C32H27N3O4/c1-3-38-30-19-23(17-18-29(30)39-32(36)25-13-10-16-27(20-25)37-2)22-33-31-21-28(24-11-6-4-7-12-24)34-35(31)26-14-8-5-9-15-26/h4-22H,3H2,1-2H3. The molecule has 0 amide bonds. The van der Waals surface area contributed by atoms with Crippen molar-refractivity contribution in [2.75, 3.05) is 13.7 Å². The number of hydrogen-bond acceptors (Lipinski definition) is 6. The van der Waals surface area contributed by atoms with Crippen LogP contribution in [0.1, 0.15) is 22.8 Å². The highest BCUT2D eigenvalue weighted by Gasteiger charge is 2.15. The summed E-state index contributed by atoms with van der Waals surface area (Å²) in [4.78, 5) is 17.5. The fraction of sp³-hybridized carbons (Fsp3) is 0.0938. The first-order chi connectivity index (χ1) is 19.1. The van der Waals surface area contributed by atoms with E-state index in [1.54, 1.807) is 49.7 Å². The van der Waals surface area contributed by atoms with E-state index in [9.17, 15) is 4.79 Å². The number of benzene rings is 4. The van der Waals surface area contributed by atoms with Gasteiger partial charge >= 0.3 is 5.97 Å². The SMILES string of the molecule is CCOc1cc(C=Nc2cc(-c3ccccc3)nn2-c2ccccc2)ccc1OC(=O)c1cccc(OC)c1. The van der Waals surface area contributed by atoms with Crippen LogP contribution in [0.3, 0.4) is 0 Å². The van der Waals surface area contributed by atoms with Gasteiger partial charge in [-0.3, -0.25) is 0 Å². The maximum atomic E-state index is 12.8. The summed E-state index contributed by atoms with van der Waals surface area (Å²) in [6, 6.07) is 33.9. The Labute approximate surface area is 226 Å². The molecular weight excluding hydrogens is 490 g/mol. The maximum Gasteiger partial charge on any atom is 0.343 e. The third-order valence-electron chi connectivity index (χ3n) is 5.88. The molecule has 5 rings (SSSR count). The second kappa shape index (κ2) is 11.9.